The minimum Gasteiger partial charge on any atom is -0.256 e. The number of hydrogen-bond acceptors (Lipinski definition) is 2. The molecular formula is C20H25N3Si. The fourth-order valence-corrected chi connectivity index (χ4v) is 6.21. The van der Waals surface area contributed by atoms with Crippen LogP contribution in [-0.4, -0.2) is 23.6 Å². The van der Waals surface area contributed by atoms with E-state index < -0.39 is 8.80 Å². The van der Waals surface area contributed by atoms with Gasteiger partial charge < -0.3 is 0 Å². The van der Waals surface area contributed by atoms with E-state index in [9.17, 15) is 0 Å². The van der Waals surface area contributed by atoms with Crippen molar-refractivity contribution in [1.82, 2.24) is 14.8 Å². The SMILES string of the molecule is CCCC(c1ccc(-c2ccccc2)cc1)[SiH](C)Cn1cncn1. The van der Waals surface area contributed by atoms with E-state index in [0.29, 0.717) is 5.54 Å². The smallest absolute Gasteiger partial charge is 0.137 e. The van der Waals surface area contributed by atoms with Gasteiger partial charge in [0.05, 0.1) is 8.80 Å². The fraction of sp³-hybridized carbons (Fsp3) is 0.300. The number of nitrogens with zero attached hydrogens (tertiary/aromatic N) is 3. The van der Waals surface area contributed by atoms with Crippen LogP contribution in [0.25, 0.3) is 11.1 Å². The first-order chi connectivity index (χ1) is 11.8. The van der Waals surface area contributed by atoms with E-state index in [2.05, 4.69) is 78.2 Å². The van der Waals surface area contributed by atoms with Crippen LogP contribution < -0.4 is 0 Å². The molecule has 0 radical (unpaired) electrons. The summed E-state index contributed by atoms with van der Waals surface area (Å²) in [4.78, 5) is 4.07. The van der Waals surface area contributed by atoms with Crippen LogP contribution in [0, 0.1) is 0 Å². The molecule has 2 unspecified atom stereocenters. The third-order valence-electron chi connectivity index (χ3n) is 4.67. The molecule has 0 fully saturated rings. The predicted octanol–water partition coefficient (Wildman–Crippen LogP) is 4.46. The average molecular weight is 336 g/mol. The van der Waals surface area contributed by atoms with Crippen molar-refractivity contribution in [3.8, 4) is 11.1 Å². The number of benzene rings is 2. The first kappa shape index (κ1) is 16.6. The highest BCUT2D eigenvalue weighted by Gasteiger charge is 2.20. The maximum absolute atomic E-state index is 4.29. The molecule has 0 saturated heterocycles. The van der Waals surface area contributed by atoms with Gasteiger partial charge >= 0.3 is 0 Å². The first-order valence-electron chi connectivity index (χ1n) is 8.75. The molecule has 3 nitrogen and oxygen atoms in total. The van der Waals surface area contributed by atoms with Crippen LogP contribution in [0.15, 0.2) is 67.3 Å². The lowest BCUT2D eigenvalue weighted by Gasteiger charge is -2.23. The van der Waals surface area contributed by atoms with Gasteiger partial charge in [-0.2, -0.15) is 5.10 Å². The van der Waals surface area contributed by atoms with Gasteiger partial charge in [-0.15, -0.1) is 0 Å². The normalized spacial score (nSPS) is 13.6. The summed E-state index contributed by atoms with van der Waals surface area (Å²) in [5, 5.41) is 4.29. The van der Waals surface area contributed by atoms with Gasteiger partial charge in [0.1, 0.15) is 12.7 Å². The summed E-state index contributed by atoms with van der Waals surface area (Å²) >= 11 is 0. The van der Waals surface area contributed by atoms with Crippen LogP contribution in [0.2, 0.25) is 6.55 Å². The molecule has 0 amide bonds. The van der Waals surface area contributed by atoms with E-state index in [-0.39, 0.29) is 0 Å². The average Bonchev–Trinajstić information content (AvgIpc) is 3.13. The maximum Gasteiger partial charge on any atom is 0.137 e. The summed E-state index contributed by atoms with van der Waals surface area (Å²) in [6, 6.07) is 19.8. The molecule has 0 spiro atoms. The highest BCUT2D eigenvalue weighted by molar-refractivity contribution is 6.57. The second kappa shape index (κ2) is 8.06. The van der Waals surface area contributed by atoms with Gasteiger partial charge in [0, 0.05) is 6.17 Å². The van der Waals surface area contributed by atoms with Gasteiger partial charge in [0.25, 0.3) is 0 Å². The Kier molecular flexibility index (Phi) is 5.59. The monoisotopic (exact) mass is 335 g/mol. The van der Waals surface area contributed by atoms with E-state index in [1.54, 1.807) is 6.33 Å². The Bertz CT molecular complexity index is 723. The Morgan fingerprint density at radius 1 is 1.00 bits per heavy atom. The van der Waals surface area contributed by atoms with Gasteiger partial charge in [0.15, 0.2) is 0 Å². The van der Waals surface area contributed by atoms with Crippen LogP contribution in [0.4, 0.5) is 0 Å². The number of aromatic nitrogens is 3. The van der Waals surface area contributed by atoms with Gasteiger partial charge in [-0.05, 0) is 28.7 Å². The molecule has 0 aliphatic heterocycles. The Labute approximate surface area is 146 Å². The molecule has 2 atom stereocenters. The second-order valence-corrected chi connectivity index (χ2v) is 9.60. The molecule has 1 aromatic heterocycles. The molecule has 24 heavy (non-hydrogen) atoms. The molecule has 1 heterocycles. The summed E-state index contributed by atoms with van der Waals surface area (Å²) in [5.74, 6) is 0. The lowest BCUT2D eigenvalue weighted by molar-refractivity contribution is 0.692. The molecule has 0 aliphatic rings. The van der Waals surface area contributed by atoms with Crippen molar-refractivity contribution in [2.45, 2.75) is 38.0 Å². The van der Waals surface area contributed by atoms with Gasteiger partial charge in [-0.3, -0.25) is 4.68 Å². The first-order valence-corrected chi connectivity index (χ1v) is 11.4. The Balaban J connectivity index is 1.78. The largest absolute Gasteiger partial charge is 0.256 e. The Morgan fingerprint density at radius 2 is 1.71 bits per heavy atom. The molecule has 3 aromatic rings. The zero-order chi connectivity index (χ0) is 16.8. The topological polar surface area (TPSA) is 30.7 Å². The van der Waals surface area contributed by atoms with Crippen molar-refractivity contribution in [2.24, 2.45) is 0 Å². The molecule has 2 aromatic carbocycles. The molecular weight excluding hydrogens is 310 g/mol. The van der Waals surface area contributed by atoms with Crippen molar-refractivity contribution < 1.29 is 0 Å². The molecule has 0 N–H and O–H groups in total. The van der Waals surface area contributed by atoms with Crippen molar-refractivity contribution in [3.63, 3.8) is 0 Å². The van der Waals surface area contributed by atoms with Crippen molar-refractivity contribution >= 4 is 8.80 Å². The Hall–Kier alpha value is -2.20. The maximum atomic E-state index is 4.29. The van der Waals surface area contributed by atoms with Crippen molar-refractivity contribution in [2.75, 3.05) is 0 Å². The summed E-state index contributed by atoms with van der Waals surface area (Å²) < 4.78 is 2.00. The summed E-state index contributed by atoms with van der Waals surface area (Å²) in [7, 11) is -0.983. The van der Waals surface area contributed by atoms with E-state index in [4.69, 9.17) is 0 Å². The standard InChI is InChI=1S/C20H25N3Si/c1-3-7-20(24(2)16-23-15-21-14-22-23)19-12-10-18(11-13-19)17-8-5-4-6-9-17/h4-6,8-15,20,24H,3,7,16H2,1-2H3. The summed E-state index contributed by atoms with van der Waals surface area (Å²) in [5.41, 5.74) is 4.74. The lowest BCUT2D eigenvalue weighted by atomic mass is 10.0. The van der Waals surface area contributed by atoms with Gasteiger partial charge in [0.2, 0.25) is 0 Å². The van der Waals surface area contributed by atoms with E-state index in [0.717, 1.165) is 6.17 Å². The molecule has 0 aliphatic carbocycles. The molecule has 124 valence electrons. The molecule has 4 heteroatoms. The van der Waals surface area contributed by atoms with Crippen LogP contribution in [0.5, 0.6) is 0 Å². The van der Waals surface area contributed by atoms with Crippen LogP contribution in [0.1, 0.15) is 30.9 Å². The number of hydrogen-bond donors (Lipinski definition) is 0. The number of rotatable bonds is 7. The van der Waals surface area contributed by atoms with Crippen LogP contribution >= 0.6 is 0 Å². The summed E-state index contributed by atoms with van der Waals surface area (Å²) in [6.45, 7) is 4.73. The van der Waals surface area contributed by atoms with E-state index >= 15 is 0 Å². The minimum atomic E-state index is -0.983. The quantitative estimate of drug-likeness (QED) is 0.597. The highest BCUT2D eigenvalue weighted by atomic mass is 28.3. The van der Waals surface area contributed by atoms with Gasteiger partial charge in [-0.25, -0.2) is 4.98 Å². The third-order valence-corrected chi connectivity index (χ3v) is 7.72. The van der Waals surface area contributed by atoms with Crippen LogP contribution in [-0.2, 0) is 6.17 Å². The fourth-order valence-electron chi connectivity index (χ4n) is 3.39. The summed E-state index contributed by atoms with van der Waals surface area (Å²) in [6.07, 6.45) is 6.99. The second-order valence-electron chi connectivity index (χ2n) is 6.48. The van der Waals surface area contributed by atoms with Crippen LogP contribution in [0.3, 0.4) is 0 Å². The zero-order valence-electron chi connectivity index (χ0n) is 14.5. The Morgan fingerprint density at radius 3 is 2.33 bits per heavy atom. The third kappa shape index (κ3) is 4.00. The lowest BCUT2D eigenvalue weighted by Crippen LogP contribution is -2.26. The van der Waals surface area contributed by atoms with E-state index in [1.807, 2.05) is 11.0 Å². The predicted molar refractivity (Wildman–Crippen MR) is 103 cm³/mol. The molecule has 3 rings (SSSR count). The zero-order valence-corrected chi connectivity index (χ0v) is 15.6. The highest BCUT2D eigenvalue weighted by Crippen LogP contribution is 2.28. The molecule has 0 bridgehead atoms. The van der Waals surface area contributed by atoms with E-state index in [1.165, 1.54) is 29.5 Å². The van der Waals surface area contributed by atoms with Crippen molar-refractivity contribution in [1.29, 1.82) is 0 Å². The molecule has 0 saturated carbocycles. The van der Waals surface area contributed by atoms with Gasteiger partial charge in [-0.1, -0.05) is 74.5 Å². The minimum absolute atomic E-state index is 0.684. The van der Waals surface area contributed by atoms with Crippen molar-refractivity contribution in [3.05, 3.63) is 72.8 Å².